The number of ether oxygens (including phenoxy) is 1. The first-order valence-electron chi connectivity index (χ1n) is 8.44. The van der Waals surface area contributed by atoms with Crippen LogP contribution in [0.1, 0.15) is 67.7 Å². The number of nitrogens with zero attached hydrogens (tertiary/aromatic N) is 1. The maximum atomic E-state index is 12.6. The van der Waals surface area contributed by atoms with Crippen LogP contribution in [0.25, 0.3) is 0 Å². The van der Waals surface area contributed by atoms with Gasteiger partial charge in [-0.3, -0.25) is 9.59 Å². The molecule has 0 spiro atoms. The first kappa shape index (κ1) is 19.0. The van der Waals surface area contributed by atoms with Gasteiger partial charge in [0.1, 0.15) is 5.60 Å². The highest BCUT2D eigenvalue weighted by Crippen LogP contribution is 2.31. The summed E-state index contributed by atoms with van der Waals surface area (Å²) in [4.78, 5) is 26.5. The Labute approximate surface area is 135 Å². The molecule has 0 aliphatic carbocycles. The third-order valence-corrected chi connectivity index (χ3v) is 4.77. The second-order valence-electron chi connectivity index (χ2n) is 8.40. The van der Waals surface area contributed by atoms with E-state index >= 15 is 0 Å². The van der Waals surface area contributed by atoms with E-state index in [4.69, 9.17) is 4.74 Å². The van der Waals surface area contributed by atoms with Gasteiger partial charge >= 0.3 is 5.97 Å². The van der Waals surface area contributed by atoms with E-state index in [9.17, 15) is 9.59 Å². The molecule has 0 aromatic carbocycles. The predicted octanol–water partition coefficient (Wildman–Crippen LogP) is 3.64. The van der Waals surface area contributed by atoms with Crippen LogP contribution >= 0.6 is 0 Å². The minimum Gasteiger partial charge on any atom is -0.460 e. The molecule has 0 aromatic heterocycles. The minimum absolute atomic E-state index is 0.125. The normalized spacial score (nSPS) is 17.7. The van der Waals surface area contributed by atoms with Crippen molar-refractivity contribution in [2.45, 2.75) is 73.3 Å². The molecule has 0 atom stereocenters. The van der Waals surface area contributed by atoms with E-state index in [0.717, 1.165) is 25.9 Å². The molecule has 22 heavy (non-hydrogen) atoms. The lowest BCUT2D eigenvalue weighted by Gasteiger charge is -2.38. The minimum atomic E-state index is -0.422. The molecule has 1 fully saturated rings. The monoisotopic (exact) mass is 311 g/mol. The number of carbonyl (C=O) groups is 2. The molecule has 1 aliphatic heterocycles. The maximum Gasteiger partial charge on any atom is 0.306 e. The summed E-state index contributed by atoms with van der Waals surface area (Å²) in [5.74, 6) is 0.763. The smallest absolute Gasteiger partial charge is 0.306 e. The Bertz CT molecular complexity index is 399. The summed E-state index contributed by atoms with van der Waals surface area (Å²) in [6.07, 6.45) is 2.24. The molecule has 1 heterocycles. The summed E-state index contributed by atoms with van der Waals surface area (Å²) >= 11 is 0. The Morgan fingerprint density at radius 3 is 2.00 bits per heavy atom. The Kier molecular flexibility index (Phi) is 6.05. The number of hydrogen-bond acceptors (Lipinski definition) is 3. The van der Waals surface area contributed by atoms with Crippen LogP contribution < -0.4 is 0 Å². The number of likely N-dealkylation sites (tertiary alicyclic amines) is 1. The molecule has 0 N–H and O–H groups in total. The van der Waals surface area contributed by atoms with Crippen LogP contribution in [0.3, 0.4) is 0 Å². The Morgan fingerprint density at radius 2 is 1.59 bits per heavy atom. The van der Waals surface area contributed by atoms with Crippen LogP contribution in [-0.2, 0) is 14.3 Å². The highest BCUT2D eigenvalue weighted by molar-refractivity contribution is 5.82. The molecule has 4 nitrogen and oxygen atoms in total. The van der Waals surface area contributed by atoms with Crippen molar-refractivity contribution < 1.29 is 14.3 Å². The molecule has 0 unspecified atom stereocenters. The van der Waals surface area contributed by atoms with Gasteiger partial charge in [-0.25, -0.2) is 0 Å². The van der Waals surface area contributed by atoms with E-state index < -0.39 is 5.60 Å². The van der Waals surface area contributed by atoms with Crippen molar-refractivity contribution in [3.63, 3.8) is 0 Å². The number of hydrogen-bond donors (Lipinski definition) is 0. The average Bonchev–Trinajstić information content (AvgIpc) is 2.36. The number of amides is 1. The number of carbonyl (C=O) groups excluding carboxylic acids is 2. The fourth-order valence-corrected chi connectivity index (χ4v) is 2.61. The molecule has 0 aromatic rings. The lowest BCUT2D eigenvalue weighted by Crippen LogP contribution is -2.47. The Morgan fingerprint density at radius 1 is 1.09 bits per heavy atom. The molecule has 128 valence electrons. The average molecular weight is 311 g/mol. The standard InChI is InChI=1S/C18H33NO3/c1-13(2)18(6,7)16(21)19-10-8-14(9-11-19)12-15(20)22-17(3,4)5/h13-14H,8-12H2,1-7H3. The van der Waals surface area contributed by atoms with E-state index in [0.29, 0.717) is 18.3 Å². The summed E-state index contributed by atoms with van der Waals surface area (Å²) < 4.78 is 5.38. The summed E-state index contributed by atoms with van der Waals surface area (Å²) in [6, 6.07) is 0. The molecule has 4 heteroatoms. The second kappa shape index (κ2) is 7.01. The van der Waals surface area contributed by atoms with Gasteiger partial charge in [0.15, 0.2) is 0 Å². The van der Waals surface area contributed by atoms with Crippen LogP contribution in [0.4, 0.5) is 0 Å². The molecule has 1 aliphatic rings. The zero-order chi connectivity index (χ0) is 17.1. The van der Waals surface area contributed by atoms with Crippen molar-refractivity contribution in [2.75, 3.05) is 13.1 Å². The van der Waals surface area contributed by atoms with Crippen LogP contribution in [0.2, 0.25) is 0 Å². The summed E-state index contributed by atoms with van der Waals surface area (Å²) in [7, 11) is 0. The van der Waals surface area contributed by atoms with Crippen molar-refractivity contribution in [1.82, 2.24) is 4.90 Å². The third kappa shape index (κ3) is 5.29. The highest BCUT2D eigenvalue weighted by Gasteiger charge is 2.36. The molecular weight excluding hydrogens is 278 g/mol. The number of piperidine rings is 1. The molecule has 1 rings (SSSR count). The maximum absolute atomic E-state index is 12.6. The highest BCUT2D eigenvalue weighted by atomic mass is 16.6. The van der Waals surface area contributed by atoms with Crippen LogP contribution in [0.5, 0.6) is 0 Å². The molecule has 1 saturated heterocycles. The van der Waals surface area contributed by atoms with Crippen molar-refractivity contribution >= 4 is 11.9 Å². The van der Waals surface area contributed by atoms with Gasteiger partial charge in [-0.1, -0.05) is 27.7 Å². The summed E-state index contributed by atoms with van der Waals surface area (Å²) in [5, 5.41) is 0. The molecule has 1 amide bonds. The first-order chi connectivity index (χ1) is 9.93. The second-order valence-corrected chi connectivity index (χ2v) is 8.40. The zero-order valence-electron chi connectivity index (χ0n) is 15.4. The van der Waals surface area contributed by atoms with E-state index in [-0.39, 0.29) is 17.3 Å². The quantitative estimate of drug-likeness (QED) is 0.745. The zero-order valence-corrected chi connectivity index (χ0v) is 15.4. The van der Waals surface area contributed by atoms with E-state index in [1.165, 1.54) is 0 Å². The topological polar surface area (TPSA) is 46.6 Å². The van der Waals surface area contributed by atoms with Crippen molar-refractivity contribution in [3.05, 3.63) is 0 Å². The third-order valence-electron chi connectivity index (χ3n) is 4.77. The number of esters is 1. The largest absolute Gasteiger partial charge is 0.460 e. The fraction of sp³-hybridized carbons (Fsp3) is 0.889. The van der Waals surface area contributed by atoms with Gasteiger partial charge in [-0.05, 0) is 45.4 Å². The molecule has 0 saturated carbocycles. The van der Waals surface area contributed by atoms with E-state index in [1.54, 1.807) is 0 Å². The van der Waals surface area contributed by atoms with Gasteiger partial charge in [-0.15, -0.1) is 0 Å². The van der Waals surface area contributed by atoms with Gasteiger partial charge in [0.2, 0.25) is 5.91 Å². The lowest BCUT2D eigenvalue weighted by atomic mass is 9.79. The fourth-order valence-electron chi connectivity index (χ4n) is 2.61. The van der Waals surface area contributed by atoms with Crippen molar-refractivity contribution in [2.24, 2.45) is 17.3 Å². The van der Waals surface area contributed by atoms with Gasteiger partial charge in [0, 0.05) is 24.9 Å². The van der Waals surface area contributed by atoms with Crippen molar-refractivity contribution in [3.8, 4) is 0 Å². The Balaban J connectivity index is 2.47. The van der Waals surface area contributed by atoms with E-state index in [1.807, 2.05) is 39.5 Å². The molecular formula is C18H33NO3. The van der Waals surface area contributed by atoms with Crippen LogP contribution in [-0.4, -0.2) is 35.5 Å². The van der Waals surface area contributed by atoms with Crippen molar-refractivity contribution in [1.29, 1.82) is 0 Å². The van der Waals surface area contributed by atoms with Crippen LogP contribution in [0.15, 0.2) is 0 Å². The van der Waals surface area contributed by atoms with Gasteiger partial charge < -0.3 is 9.64 Å². The molecule has 0 radical (unpaired) electrons. The predicted molar refractivity (Wildman–Crippen MR) is 88.4 cm³/mol. The lowest BCUT2D eigenvalue weighted by molar-refractivity contribution is -0.156. The summed E-state index contributed by atoms with van der Waals surface area (Å²) in [6.45, 7) is 15.4. The Hall–Kier alpha value is -1.06. The summed E-state index contributed by atoms with van der Waals surface area (Å²) in [5.41, 5.74) is -0.743. The molecule has 0 bridgehead atoms. The SMILES string of the molecule is CC(C)C(C)(C)C(=O)N1CCC(CC(=O)OC(C)(C)C)CC1. The first-order valence-corrected chi connectivity index (χ1v) is 8.44. The van der Waals surface area contributed by atoms with Gasteiger partial charge in [-0.2, -0.15) is 0 Å². The van der Waals surface area contributed by atoms with Gasteiger partial charge in [0.05, 0.1) is 0 Å². The van der Waals surface area contributed by atoms with Gasteiger partial charge in [0.25, 0.3) is 0 Å². The van der Waals surface area contributed by atoms with E-state index in [2.05, 4.69) is 13.8 Å². The van der Waals surface area contributed by atoms with Crippen LogP contribution in [0, 0.1) is 17.3 Å². The number of rotatable bonds is 4.